The van der Waals surface area contributed by atoms with Gasteiger partial charge in [0.1, 0.15) is 5.82 Å². The second-order valence-corrected chi connectivity index (χ2v) is 4.82. The zero-order valence-corrected chi connectivity index (χ0v) is 11.1. The van der Waals surface area contributed by atoms with E-state index in [1.54, 1.807) is 19.2 Å². The van der Waals surface area contributed by atoms with E-state index in [9.17, 15) is 4.79 Å². The summed E-state index contributed by atoms with van der Waals surface area (Å²) in [6, 6.07) is 3.70. The third-order valence-corrected chi connectivity index (χ3v) is 3.24. The van der Waals surface area contributed by atoms with Crippen LogP contribution < -0.4 is 4.90 Å². The van der Waals surface area contributed by atoms with Crippen LogP contribution in [0, 0.1) is 5.92 Å². The lowest BCUT2D eigenvalue weighted by atomic mass is 10.0. The van der Waals surface area contributed by atoms with E-state index in [2.05, 4.69) is 16.8 Å². The Morgan fingerprint density at radius 3 is 3.00 bits per heavy atom. The van der Waals surface area contributed by atoms with E-state index in [-0.39, 0.29) is 5.97 Å². The van der Waals surface area contributed by atoms with Gasteiger partial charge in [0.25, 0.3) is 0 Å². The van der Waals surface area contributed by atoms with Gasteiger partial charge < -0.3 is 9.64 Å². The Bertz CT molecular complexity index is 403. The lowest BCUT2D eigenvalue weighted by molar-refractivity contribution is 0.0526. The summed E-state index contributed by atoms with van der Waals surface area (Å²) in [6.07, 6.45) is 4.10. The summed E-state index contributed by atoms with van der Waals surface area (Å²) in [4.78, 5) is 18.2. The Hall–Kier alpha value is -1.58. The molecule has 0 spiro atoms. The monoisotopic (exact) mass is 248 g/mol. The fraction of sp³-hybridized carbons (Fsp3) is 0.571. The molecule has 1 aromatic heterocycles. The first-order valence-corrected chi connectivity index (χ1v) is 6.59. The van der Waals surface area contributed by atoms with Crippen molar-refractivity contribution in [2.75, 3.05) is 24.6 Å². The molecular weight excluding hydrogens is 228 g/mol. The summed E-state index contributed by atoms with van der Waals surface area (Å²) in [5.41, 5.74) is 0.519. The topological polar surface area (TPSA) is 42.4 Å². The van der Waals surface area contributed by atoms with Gasteiger partial charge in [-0.3, -0.25) is 0 Å². The Labute approximate surface area is 108 Å². The summed E-state index contributed by atoms with van der Waals surface area (Å²) in [7, 11) is 0. The fourth-order valence-corrected chi connectivity index (χ4v) is 2.31. The van der Waals surface area contributed by atoms with Crippen molar-refractivity contribution in [3.8, 4) is 0 Å². The maximum absolute atomic E-state index is 11.5. The van der Waals surface area contributed by atoms with Gasteiger partial charge in [-0.25, -0.2) is 9.78 Å². The molecule has 0 amide bonds. The van der Waals surface area contributed by atoms with Crippen LogP contribution in [0.3, 0.4) is 0 Å². The molecule has 0 aliphatic carbocycles. The minimum absolute atomic E-state index is 0.302. The number of hydrogen-bond acceptors (Lipinski definition) is 4. The number of anilines is 1. The highest BCUT2D eigenvalue weighted by Crippen LogP contribution is 2.21. The second-order valence-electron chi connectivity index (χ2n) is 4.82. The third-order valence-electron chi connectivity index (χ3n) is 3.24. The Balaban J connectivity index is 2.05. The zero-order chi connectivity index (χ0) is 13.0. The van der Waals surface area contributed by atoms with Crippen LogP contribution in [0.25, 0.3) is 0 Å². The second kappa shape index (κ2) is 5.85. The van der Waals surface area contributed by atoms with Crippen molar-refractivity contribution in [1.29, 1.82) is 0 Å². The number of ether oxygens (including phenoxy) is 1. The van der Waals surface area contributed by atoms with Crippen molar-refractivity contribution < 1.29 is 9.53 Å². The number of carbonyl (C=O) groups is 1. The van der Waals surface area contributed by atoms with Gasteiger partial charge in [-0.05, 0) is 37.8 Å². The van der Waals surface area contributed by atoms with Gasteiger partial charge in [0.05, 0.1) is 12.2 Å². The normalized spacial score (nSPS) is 19.7. The summed E-state index contributed by atoms with van der Waals surface area (Å²) in [6.45, 7) is 6.56. The number of aromatic nitrogens is 1. The number of piperidine rings is 1. The van der Waals surface area contributed by atoms with Gasteiger partial charge in [0.15, 0.2) is 0 Å². The van der Waals surface area contributed by atoms with Crippen molar-refractivity contribution in [1.82, 2.24) is 4.98 Å². The lowest BCUT2D eigenvalue weighted by Crippen LogP contribution is -2.34. The average Bonchev–Trinajstić information content (AvgIpc) is 2.39. The van der Waals surface area contributed by atoms with Crippen LogP contribution in [0.15, 0.2) is 18.3 Å². The first kappa shape index (κ1) is 12.9. The quantitative estimate of drug-likeness (QED) is 0.771. The van der Waals surface area contributed by atoms with Gasteiger partial charge in [0, 0.05) is 19.3 Å². The van der Waals surface area contributed by atoms with Gasteiger partial charge in [-0.1, -0.05) is 6.92 Å². The SMILES string of the molecule is CCOC(=O)c1ccc(N2CCCC(C)C2)nc1. The van der Waals surface area contributed by atoms with E-state index in [0.717, 1.165) is 18.9 Å². The molecule has 2 heterocycles. The van der Waals surface area contributed by atoms with Crippen LogP contribution in [0.1, 0.15) is 37.0 Å². The van der Waals surface area contributed by atoms with Crippen LogP contribution in [-0.4, -0.2) is 30.6 Å². The molecule has 1 aliphatic rings. The molecule has 1 saturated heterocycles. The highest BCUT2D eigenvalue weighted by atomic mass is 16.5. The fourth-order valence-electron chi connectivity index (χ4n) is 2.31. The van der Waals surface area contributed by atoms with Gasteiger partial charge in [-0.2, -0.15) is 0 Å². The van der Waals surface area contributed by atoms with Crippen molar-refractivity contribution in [2.24, 2.45) is 5.92 Å². The predicted octanol–water partition coefficient (Wildman–Crippen LogP) is 2.49. The highest BCUT2D eigenvalue weighted by Gasteiger charge is 2.17. The Kier molecular flexibility index (Phi) is 4.18. The number of rotatable bonds is 3. The van der Waals surface area contributed by atoms with E-state index in [4.69, 9.17) is 4.74 Å². The van der Waals surface area contributed by atoms with Crippen molar-refractivity contribution in [2.45, 2.75) is 26.7 Å². The summed E-state index contributed by atoms with van der Waals surface area (Å²) < 4.78 is 4.94. The molecule has 0 bridgehead atoms. The molecule has 1 aromatic rings. The van der Waals surface area contributed by atoms with Crippen molar-refractivity contribution in [3.05, 3.63) is 23.9 Å². The molecule has 18 heavy (non-hydrogen) atoms. The van der Waals surface area contributed by atoms with E-state index in [1.807, 2.05) is 6.07 Å². The largest absolute Gasteiger partial charge is 0.462 e. The molecule has 1 atom stereocenters. The number of esters is 1. The molecule has 0 N–H and O–H groups in total. The van der Waals surface area contributed by atoms with Gasteiger partial charge in [0.2, 0.25) is 0 Å². The number of nitrogens with zero attached hydrogens (tertiary/aromatic N) is 2. The Morgan fingerprint density at radius 2 is 2.39 bits per heavy atom. The number of pyridine rings is 1. The van der Waals surface area contributed by atoms with Crippen molar-refractivity contribution in [3.63, 3.8) is 0 Å². The molecule has 2 rings (SSSR count). The number of hydrogen-bond donors (Lipinski definition) is 0. The van der Waals surface area contributed by atoms with Gasteiger partial charge in [-0.15, -0.1) is 0 Å². The number of carbonyl (C=O) groups excluding carboxylic acids is 1. The zero-order valence-electron chi connectivity index (χ0n) is 11.1. The molecule has 98 valence electrons. The third kappa shape index (κ3) is 3.00. The maximum Gasteiger partial charge on any atom is 0.339 e. The Morgan fingerprint density at radius 1 is 1.56 bits per heavy atom. The molecule has 1 unspecified atom stereocenters. The first-order chi connectivity index (χ1) is 8.70. The molecule has 1 fully saturated rings. The van der Waals surface area contributed by atoms with Gasteiger partial charge >= 0.3 is 5.97 Å². The van der Waals surface area contributed by atoms with E-state index >= 15 is 0 Å². The van der Waals surface area contributed by atoms with Crippen molar-refractivity contribution >= 4 is 11.8 Å². The summed E-state index contributed by atoms with van der Waals surface area (Å²) in [5, 5.41) is 0. The minimum atomic E-state index is -0.302. The molecule has 0 saturated carbocycles. The molecule has 0 aromatic carbocycles. The van der Waals surface area contributed by atoms with Crippen LogP contribution in [0.2, 0.25) is 0 Å². The molecular formula is C14H20N2O2. The minimum Gasteiger partial charge on any atom is -0.462 e. The van der Waals surface area contributed by atoms with Crippen LogP contribution in [-0.2, 0) is 4.74 Å². The van der Waals surface area contributed by atoms with Crippen LogP contribution in [0.5, 0.6) is 0 Å². The molecule has 4 nitrogen and oxygen atoms in total. The predicted molar refractivity (Wildman–Crippen MR) is 70.8 cm³/mol. The highest BCUT2D eigenvalue weighted by molar-refractivity contribution is 5.89. The average molecular weight is 248 g/mol. The first-order valence-electron chi connectivity index (χ1n) is 6.59. The van der Waals surface area contributed by atoms with Crippen LogP contribution in [0.4, 0.5) is 5.82 Å². The summed E-state index contributed by atoms with van der Waals surface area (Å²) >= 11 is 0. The summed E-state index contributed by atoms with van der Waals surface area (Å²) in [5.74, 6) is 1.36. The van der Waals surface area contributed by atoms with Crippen LogP contribution >= 0.6 is 0 Å². The molecule has 0 radical (unpaired) electrons. The van der Waals surface area contributed by atoms with E-state index in [1.165, 1.54) is 12.8 Å². The standard InChI is InChI=1S/C14H20N2O2/c1-3-18-14(17)12-6-7-13(15-9-12)16-8-4-5-11(2)10-16/h6-7,9,11H,3-5,8,10H2,1-2H3. The van der Waals surface area contributed by atoms with E-state index in [0.29, 0.717) is 18.1 Å². The smallest absolute Gasteiger partial charge is 0.339 e. The molecule has 1 aliphatic heterocycles. The van der Waals surface area contributed by atoms with E-state index < -0.39 is 0 Å². The lowest BCUT2D eigenvalue weighted by Gasteiger charge is -2.31. The maximum atomic E-state index is 11.5. The molecule has 4 heteroatoms.